The molecule has 1 atom stereocenters. The normalized spacial score (nSPS) is 23.8. The van der Waals surface area contributed by atoms with Crippen molar-refractivity contribution in [2.24, 2.45) is 5.41 Å². The molecule has 0 aliphatic heterocycles. The summed E-state index contributed by atoms with van der Waals surface area (Å²) in [6.07, 6.45) is 8.42. The second-order valence-corrected chi connectivity index (χ2v) is 5.84. The first-order chi connectivity index (χ1) is 7.59. The van der Waals surface area contributed by atoms with Crippen LogP contribution in [0.25, 0.3) is 0 Å². The molecule has 1 N–H and O–H groups in total. The first-order valence-electron chi connectivity index (χ1n) is 6.47. The topological polar surface area (TPSA) is 17.0 Å². The summed E-state index contributed by atoms with van der Waals surface area (Å²) >= 11 is 0. The Morgan fingerprint density at radius 2 is 2.31 bits per heavy atom. The molecule has 1 aromatic heterocycles. The third kappa shape index (κ3) is 2.88. The van der Waals surface area contributed by atoms with Crippen molar-refractivity contribution in [2.45, 2.75) is 59.2 Å². The van der Waals surface area contributed by atoms with Gasteiger partial charge in [0.2, 0.25) is 0 Å². The predicted octanol–water partition coefficient (Wildman–Crippen LogP) is 3.18. The van der Waals surface area contributed by atoms with Gasteiger partial charge in [0.05, 0.1) is 0 Å². The van der Waals surface area contributed by atoms with E-state index < -0.39 is 0 Å². The molecule has 1 fully saturated rings. The molecule has 2 nitrogen and oxygen atoms in total. The monoisotopic (exact) mass is 220 g/mol. The van der Waals surface area contributed by atoms with Crippen molar-refractivity contribution < 1.29 is 0 Å². The highest BCUT2D eigenvalue weighted by Crippen LogP contribution is 2.36. The molecule has 0 saturated heterocycles. The van der Waals surface area contributed by atoms with E-state index in [-0.39, 0.29) is 0 Å². The van der Waals surface area contributed by atoms with Crippen LogP contribution in [-0.2, 0) is 13.1 Å². The van der Waals surface area contributed by atoms with Crippen molar-refractivity contribution in [3.63, 3.8) is 0 Å². The first-order valence-corrected chi connectivity index (χ1v) is 6.47. The average molecular weight is 220 g/mol. The van der Waals surface area contributed by atoms with Gasteiger partial charge in [0.1, 0.15) is 0 Å². The highest BCUT2D eigenvalue weighted by atomic mass is 15.0. The summed E-state index contributed by atoms with van der Waals surface area (Å²) in [6, 6.07) is 2.94. The van der Waals surface area contributed by atoms with Crippen molar-refractivity contribution >= 4 is 0 Å². The van der Waals surface area contributed by atoms with Crippen LogP contribution in [0.15, 0.2) is 18.5 Å². The van der Waals surface area contributed by atoms with E-state index in [0.29, 0.717) is 5.41 Å². The Morgan fingerprint density at radius 3 is 2.88 bits per heavy atom. The molecule has 0 radical (unpaired) electrons. The number of aromatic nitrogens is 1. The Labute approximate surface area is 99.0 Å². The summed E-state index contributed by atoms with van der Waals surface area (Å²) in [7, 11) is 0. The quantitative estimate of drug-likeness (QED) is 0.824. The molecule has 16 heavy (non-hydrogen) atoms. The summed E-state index contributed by atoms with van der Waals surface area (Å²) in [5.41, 5.74) is 1.96. The summed E-state index contributed by atoms with van der Waals surface area (Å²) in [6.45, 7) is 9.02. The van der Waals surface area contributed by atoms with Gasteiger partial charge in [-0.2, -0.15) is 0 Å². The van der Waals surface area contributed by atoms with Gasteiger partial charge in [0.15, 0.2) is 0 Å². The van der Waals surface area contributed by atoms with E-state index >= 15 is 0 Å². The molecule has 90 valence electrons. The fraction of sp³-hybridized carbons (Fsp3) is 0.714. The van der Waals surface area contributed by atoms with Crippen LogP contribution in [0.3, 0.4) is 0 Å². The van der Waals surface area contributed by atoms with E-state index in [0.717, 1.165) is 19.1 Å². The predicted molar refractivity (Wildman–Crippen MR) is 68.4 cm³/mol. The van der Waals surface area contributed by atoms with Crippen LogP contribution in [0.2, 0.25) is 0 Å². The van der Waals surface area contributed by atoms with E-state index in [2.05, 4.69) is 49.1 Å². The van der Waals surface area contributed by atoms with E-state index in [1.165, 1.54) is 24.8 Å². The summed E-state index contributed by atoms with van der Waals surface area (Å²) in [5.74, 6) is 0. The largest absolute Gasteiger partial charge is 0.354 e. The minimum absolute atomic E-state index is 0.549. The zero-order chi connectivity index (χ0) is 11.6. The maximum atomic E-state index is 3.68. The van der Waals surface area contributed by atoms with Crippen molar-refractivity contribution in [3.8, 4) is 0 Å². The van der Waals surface area contributed by atoms with Crippen molar-refractivity contribution in [1.29, 1.82) is 0 Å². The van der Waals surface area contributed by atoms with E-state index in [1.807, 2.05) is 0 Å². The van der Waals surface area contributed by atoms with Gasteiger partial charge in [-0.3, -0.25) is 0 Å². The minimum atomic E-state index is 0.549. The number of hydrogen-bond donors (Lipinski definition) is 1. The molecular formula is C14H24N2. The Balaban J connectivity index is 1.80. The Hall–Kier alpha value is -0.760. The van der Waals surface area contributed by atoms with Crippen LogP contribution >= 0.6 is 0 Å². The van der Waals surface area contributed by atoms with E-state index in [9.17, 15) is 0 Å². The SMILES string of the molecule is CCn1ccc(CNC2CCC(C)(C)C2)c1. The lowest BCUT2D eigenvalue weighted by Crippen LogP contribution is -2.26. The maximum absolute atomic E-state index is 3.68. The second-order valence-electron chi connectivity index (χ2n) is 5.84. The number of nitrogens with zero attached hydrogens (tertiary/aromatic N) is 1. The number of aryl methyl sites for hydroxylation is 1. The standard InChI is InChI=1S/C14H24N2/c1-4-16-8-6-12(11-16)10-15-13-5-7-14(2,3)9-13/h6,8,11,13,15H,4-5,7,9-10H2,1-3H3. The molecule has 0 aromatic carbocycles. The Bertz CT molecular complexity index is 338. The average Bonchev–Trinajstić information content (AvgIpc) is 2.81. The molecule has 1 saturated carbocycles. The van der Waals surface area contributed by atoms with Crippen LogP contribution in [-0.4, -0.2) is 10.6 Å². The number of rotatable bonds is 4. The Morgan fingerprint density at radius 1 is 1.50 bits per heavy atom. The van der Waals surface area contributed by atoms with Crippen LogP contribution in [0.5, 0.6) is 0 Å². The van der Waals surface area contributed by atoms with Gasteiger partial charge in [-0.05, 0) is 43.2 Å². The smallest absolute Gasteiger partial charge is 0.0223 e. The van der Waals surface area contributed by atoms with Gasteiger partial charge < -0.3 is 9.88 Å². The Kier molecular flexibility index (Phi) is 3.38. The lowest BCUT2D eigenvalue weighted by atomic mass is 9.92. The molecule has 2 rings (SSSR count). The summed E-state index contributed by atoms with van der Waals surface area (Å²) < 4.78 is 2.23. The van der Waals surface area contributed by atoms with Gasteiger partial charge >= 0.3 is 0 Å². The third-order valence-corrected chi connectivity index (χ3v) is 3.74. The van der Waals surface area contributed by atoms with Gasteiger partial charge in [0, 0.05) is 31.5 Å². The van der Waals surface area contributed by atoms with Crippen LogP contribution in [0.1, 0.15) is 45.6 Å². The van der Waals surface area contributed by atoms with Crippen LogP contribution in [0, 0.1) is 5.41 Å². The third-order valence-electron chi connectivity index (χ3n) is 3.74. The number of hydrogen-bond acceptors (Lipinski definition) is 1. The summed E-state index contributed by atoms with van der Waals surface area (Å²) in [5, 5.41) is 3.68. The maximum Gasteiger partial charge on any atom is 0.0223 e. The summed E-state index contributed by atoms with van der Waals surface area (Å²) in [4.78, 5) is 0. The molecule has 1 aliphatic rings. The highest BCUT2D eigenvalue weighted by molar-refractivity contribution is 5.10. The number of nitrogens with one attached hydrogen (secondary N) is 1. The molecule has 1 aromatic rings. The van der Waals surface area contributed by atoms with Crippen LogP contribution < -0.4 is 5.32 Å². The molecule has 2 heteroatoms. The fourth-order valence-corrected chi connectivity index (χ4v) is 2.66. The van der Waals surface area contributed by atoms with Gasteiger partial charge in [0.25, 0.3) is 0 Å². The first kappa shape index (κ1) is 11.7. The molecule has 1 heterocycles. The van der Waals surface area contributed by atoms with Crippen molar-refractivity contribution in [1.82, 2.24) is 9.88 Å². The van der Waals surface area contributed by atoms with Crippen LogP contribution in [0.4, 0.5) is 0 Å². The van der Waals surface area contributed by atoms with Gasteiger partial charge in [-0.1, -0.05) is 13.8 Å². The zero-order valence-electron chi connectivity index (χ0n) is 10.8. The minimum Gasteiger partial charge on any atom is -0.354 e. The molecule has 0 amide bonds. The lowest BCUT2D eigenvalue weighted by Gasteiger charge is -2.17. The molecule has 0 spiro atoms. The lowest BCUT2D eigenvalue weighted by molar-refractivity contribution is 0.364. The highest BCUT2D eigenvalue weighted by Gasteiger charge is 2.30. The second kappa shape index (κ2) is 4.62. The van der Waals surface area contributed by atoms with Crippen molar-refractivity contribution in [3.05, 3.63) is 24.0 Å². The van der Waals surface area contributed by atoms with Gasteiger partial charge in [-0.15, -0.1) is 0 Å². The zero-order valence-corrected chi connectivity index (χ0v) is 10.8. The molecule has 0 bridgehead atoms. The molecule has 1 aliphatic carbocycles. The fourth-order valence-electron chi connectivity index (χ4n) is 2.66. The van der Waals surface area contributed by atoms with E-state index in [1.54, 1.807) is 0 Å². The molecule has 1 unspecified atom stereocenters. The van der Waals surface area contributed by atoms with Crippen molar-refractivity contribution in [2.75, 3.05) is 0 Å². The van der Waals surface area contributed by atoms with Gasteiger partial charge in [-0.25, -0.2) is 0 Å². The van der Waals surface area contributed by atoms with E-state index in [4.69, 9.17) is 0 Å². The molecular weight excluding hydrogens is 196 g/mol.